The van der Waals surface area contributed by atoms with Crippen LogP contribution in [0.25, 0.3) is 0 Å². The highest BCUT2D eigenvalue weighted by Crippen LogP contribution is 2.38. The van der Waals surface area contributed by atoms with Gasteiger partial charge in [-0.05, 0) is 42.5 Å². The Kier molecular flexibility index (Phi) is 6.52. The molecular formula is C23H26N2O3S. The SMILES string of the molecule is O=C(NC[C@@H]1CCCO1)c1ccc([C@@H]2SCC(=O)N2CCc2ccccc2)cc1. The predicted octanol–water partition coefficient (Wildman–Crippen LogP) is 3.41. The maximum Gasteiger partial charge on any atom is 0.251 e. The Morgan fingerprint density at radius 1 is 1.14 bits per heavy atom. The number of ether oxygens (including phenoxy) is 1. The zero-order valence-corrected chi connectivity index (χ0v) is 17.2. The second-order valence-corrected chi connectivity index (χ2v) is 8.52. The third-order valence-corrected chi connectivity index (χ3v) is 6.68. The van der Waals surface area contributed by atoms with Gasteiger partial charge in [-0.3, -0.25) is 9.59 Å². The first kappa shape index (κ1) is 20.0. The number of nitrogens with one attached hydrogen (secondary N) is 1. The van der Waals surface area contributed by atoms with Gasteiger partial charge in [0.2, 0.25) is 5.91 Å². The van der Waals surface area contributed by atoms with Crippen LogP contribution in [0.15, 0.2) is 54.6 Å². The van der Waals surface area contributed by atoms with Crippen molar-refractivity contribution in [2.24, 2.45) is 0 Å². The Morgan fingerprint density at radius 3 is 2.66 bits per heavy atom. The summed E-state index contributed by atoms with van der Waals surface area (Å²) in [6.45, 7) is 2.04. The minimum absolute atomic E-state index is 0.00946. The topological polar surface area (TPSA) is 58.6 Å². The van der Waals surface area contributed by atoms with E-state index in [1.807, 2.05) is 47.4 Å². The molecule has 29 heavy (non-hydrogen) atoms. The summed E-state index contributed by atoms with van der Waals surface area (Å²) in [7, 11) is 0. The Hall–Kier alpha value is -2.31. The average Bonchev–Trinajstić information content (AvgIpc) is 3.41. The van der Waals surface area contributed by atoms with Crippen LogP contribution < -0.4 is 5.32 Å². The molecule has 2 aromatic rings. The van der Waals surface area contributed by atoms with Crippen LogP contribution in [0, 0.1) is 0 Å². The quantitative estimate of drug-likeness (QED) is 0.760. The molecule has 2 aromatic carbocycles. The fraction of sp³-hybridized carbons (Fsp3) is 0.391. The van der Waals surface area contributed by atoms with Gasteiger partial charge in [-0.15, -0.1) is 11.8 Å². The van der Waals surface area contributed by atoms with Crippen molar-refractivity contribution >= 4 is 23.6 Å². The Morgan fingerprint density at radius 2 is 1.93 bits per heavy atom. The maximum absolute atomic E-state index is 12.4. The van der Waals surface area contributed by atoms with E-state index in [1.54, 1.807) is 11.8 Å². The molecule has 2 fully saturated rings. The summed E-state index contributed by atoms with van der Waals surface area (Å²) in [6, 6.07) is 17.9. The molecule has 0 radical (unpaired) electrons. The molecule has 0 bridgehead atoms. The van der Waals surface area contributed by atoms with Gasteiger partial charge in [-0.25, -0.2) is 0 Å². The number of hydrogen-bond donors (Lipinski definition) is 1. The molecule has 1 N–H and O–H groups in total. The van der Waals surface area contributed by atoms with Crippen LogP contribution in [-0.2, 0) is 16.0 Å². The third-order valence-electron chi connectivity index (χ3n) is 5.42. The molecule has 2 heterocycles. The van der Waals surface area contributed by atoms with Gasteiger partial charge < -0.3 is 15.0 Å². The van der Waals surface area contributed by atoms with Gasteiger partial charge in [0.15, 0.2) is 0 Å². The minimum Gasteiger partial charge on any atom is -0.376 e. The highest BCUT2D eigenvalue weighted by atomic mass is 32.2. The van der Waals surface area contributed by atoms with E-state index >= 15 is 0 Å². The van der Waals surface area contributed by atoms with Crippen LogP contribution in [0.1, 0.15) is 39.7 Å². The van der Waals surface area contributed by atoms with Crippen molar-refractivity contribution < 1.29 is 14.3 Å². The third kappa shape index (κ3) is 5.00. The number of carbonyl (C=O) groups is 2. The van der Waals surface area contributed by atoms with Crippen LogP contribution in [0.5, 0.6) is 0 Å². The van der Waals surface area contributed by atoms with E-state index in [9.17, 15) is 9.59 Å². The van der Waals surface area contributed by atoms with Crippen LogP contribution in [-0.4, -0.2) is 48.3 Å². The molecular weight excluding hydrogens is 384 g/mol. The predicted molar refractivity (Wildman–Crippen MR) is 115 cm³/mol. The number of carbonyl (C=O) groups excluding carboxylic acids is 2. The van der Waals surface area contributed by atoms with Gasteiger partial charge in [0.25, 0.3) is 5.91 Å². The molecule has 6 heteroatoms. The molecule has 2 saturated heterocycles. The van der Waals surface area contributed by atoms with Crippen molar-refractivity contribution in [1.82, 2.24) is 10.2 Å². The fourth-order valence-corrected chi connectivity index (χ4v) is 5.00. The number of rotatable bonds is 7. The van der Waals surface area contributed by atoms with Crippen molar-refractivity contribution in [3.63, 3.8) is 0 Å². The lowest BCUT2D eigenvalue weighted by Gasteiger charge is -2.24. The van der Waals surface area contributed by atoms with Gasteiger partial charge in [0.1, 0.15) is 5.37 Å². The second kappa shape index (κ2) is 9.46. The average molecular weight is 411 g/mol. The number of hydrogen-bond acceptors (Lipinski definition) is 4. The molecule has 0 aromatic heterocycles. The van der Waals surface area contributed by atoms with E-state index in [-0.39, 0.29) is 23.3 Å². The van der Waals surface area contributed by atoms with E-state index in [0.29, 0.717) is 24.4 Å². The van der Waals surface area contributed by atoms with Gasteiger partial charge in [-0.2, -0.15) is 0 Å². The Balaban J connectivity index is 1.36. The molecule has 152 valence electrons. The summed E-state index contributed by atoms with van der Waals surface area (Å²) in [5.41, 5.74) is 2.93. The largest absolute Gasteiger partial charge is 0.376 e. The molecule has 5 nitrogen and oxygen atoms in total. The molecule has 0 unspecified atom stereocenters. The lowest BCUT2D eigenvalue weighted by Crippen LogP contribution is -2.32. The second-order valence-electron chi connectivity index (χ2n) is 7.45. The summed E-state index contributed by atoms with van der Waals surface area (Å²) >= 11 is 1.65. The summed E-state index contributed by atoms with van der Waals surface area (Å²) in [6.07, 6.45) is 3.05. The summed E-state index contributed by atoms with van der Waals surface area (Å²) < 4.78 is 5.55. The zero-order valence-electron chi connectivity index (χ0n) is 16.4. The smallest absolute Gasteiger partial charge is 0.251 e. The van der Waals surface area contributed by atoms with Crippen LogP contribution >= 0.6 is 11.8 Å². The maximum atomic E-state index is 12.4. The van der Waals surface area contributed by atoms with Crippen molar-refractivity contribution in [2.45, 2.75) is 30.7 Å². The number of amides is 2. The van der Waals surface area contributed by atoms with Gasteiger partial charge in [-0.1, -0.05) is 42.5 Å². The molecule has 0 spiro atoms. The Bertz CT molecular complexity index is 835. The molecule has 2 aliphatic heterocycles. The summed E-state index contributed by atoms with van der Waals surface area (Å²) in [4.78, 5) is 26.7. The molecule has 0 aliphatic carbocycles. The lowest BCUT2D eigenvalue weighted by molar-refractivity contribution is -0.128. The number of thioether (sulfide) groups is 1. The van der Waals surface area contributed by atoms with Gasteiger partial charge >= 0.3 is 0 Å². The van der Waals surface area contributed by atoms with E-state index in [0.717, 1.165) is 31.4 Å². The first-order valence-corrected chi connectivity index (χ1v) is 11.2. The van der Waals surface area contributed by atoms with E-state index < -0.39 is 0 Å². The Labute approximate surface area is 175 Å². The molecule has 4 rings (SSSR count). The highest BCUT2D eigenvalue weighted by molar-refractivity contribution is 8.00. The van der Waals surface area contributed by atoms with Crippen molar-refractivity contribution in [2.75, 3.05) is 25.4 Å². The number of benzene rings is 2. The summed E-state index contributed by atoms with van der Waals surface area (Å²) in [5, 5.41) is 2.96. The monoisotopic (exact) mass is 410 g/mol. The van der Waals surface area contributed by atoms with E-state index in [4.69, 9.17) is 4.74 Å². The van der Waals surface area contributed by atoms with Crippen molar-refractivity contribution in [3.8, 4) is 0 Å². The van der Waals surface area contributed by atoms with Crippen molar-refractivity contribution in [3.05, 3.63) is 71.3 Å². The van der Waals surface area contributed by atoms with Gasteiger partial charge in [0.05, 0.1) is 11.9 Å². The molecule has 0 saturated carbocycles. The lowest BCUT2D eigenvalue weighted by atomic mass is 10.1. The standard InChI is InChI=1S/C23H26N2O3S/c26-21-16-29-23(25(21)13-12-17-5-2-1-3-6-17)19-10-8-18(9-11-19)22(27)24-15-20-7-4-14-28-20/h1-3,5-6,8-11,20,23H,4,7,12-16H2,(H,24,27)/t20-,23-/m0/s1. The highest BCUT2D eigenvalue weighted by Gasteiger charge is 2.32. The summed E-state index contributed by atoms with van der Waals surface area (Å²) in [5.74, 6) is 0.598. The first-order valence-electron chi connectivity index (χ1n) is 10.2. The fourth-order valence-electron chi connectivity index (χ4n) is 3.78. The van der Waals surface area contributed by atoms with Crippen LogP contribution in [0.3, 0.4) is 0 Å². The zero-order chi connectivity index (χ0) is 20.1. The van der Waals surface area contributed by atoms with Crippen molar-refractivity contribution in [1.29, 1.82) is 0 Å². The minimum atomic E-state index is -0.0804. The molecule has 2 amide bonds. The first-order chi connectivity index (χ1) is 14.2. The van der Waals surface area contributed by atoms with Crippen LogP contribution in [0.2, 0.25) is 0 Å². The van der Waals surface area contributed by atoms with Crippen LogP contribution in [0.4, 0.5) is 0 Å². The molecule has 2 aliphatic rings. The van der Waals surface area contributed by atoms with E-state index in [1.165, 1.54) is 5.56 Å². The number of nitrogens with zero attached hydrogens (tertiary/aromatic N) is 1. The molecule has 2 atom stereocenters. The van der Waals surface area contributed by atoms with E-state index in [2.05, 4.69) is 17.4 Å². The van der Waals surface area contributed by atoms with Gasteiger partial charge in [0, 0.05) is 25.3 Å². The normalized spacial score (nSPS) is 21.5.